The molecule has 0 saturated carbocycles. The van der Waals surface area contributed by atoms with Gasteiger partial charge in [0.25, 0.3) is 0 Å². The lowest BCUT2D eigenvalue weighted by atomic mass is 10.1. The smallest absolute Gasteiger partial charge is 0.189 e. The average molecular weight is 352 g/mol. The molecule has 0 aliphatic rings. The second-order valence-electron chi connectivity index (χ2n) is 4.06. The number of hydrogen-bond acceptors (Lipinski definition) is 2. The molecule has 102 valence electrons. The molecule has 0 atom stereocenters. The van der Waals surface area contributed by atoms with Crippen LogP contribution in [-0.4, -0.2) is 12.9 Å². The van der Waals surface area contributed by atoms with Gasteiger partial charge in [0, 0.05) is 9.50 Å². The third-order valence-electron chi connectivity index (χ3n) is 2.75. The van der Waals surface area contributed by atoms with Crippen LogP contribution in [0, 0.1) is 0 Å². The van der Waals surface area contributed by atoms with Crippen molar-refractivity contribution in [1.29, 1.82) is 0 Å². The molecule has 0 N–H and O–H groups in total. The van der Waals surface area contributed by atoms with Gasteiger partial charge in [0.2, 0.25) is 0 Å². The molecule has 0 spiro atoms. The van der Waals surface area contributed by atoms with Gasteiger partial charge in [-0.2, -0.15) is 0 Å². The van der Waals surface area contributed by atoms with E-state index in [-0.39, 0.29) is 5.78 Å². The summed E-state index contributed by atoms with van der Waals surface area (Å²) >= 11 is 9.39. The summed E-state index contributed by atoms with van der Waals surface area (Å²) in [5.74, 6) is 0.407. The molecule has 4 heteroatoms. The number of allylic oxidation sites excluding steroid dienone is 1. The van der Waals surface area contributed by atoms with Crippen LogP contribution in [0.2, 0.25) is 5.02 Å². The molecule has 0 bridgehead atoms. The van der Waals surface area contributed by atoms with Crippen LogP contribution < -0.4 is 4.74 Å². The maximum Gasteiger partial charge on any atom is 0.189 e. The largest absolute Gasteiger partial charge is 0.496 e. The predicted molar refractivity (Wildman–Crippen MR) is 85.5 cm³/mol. The molecule has 20 heavy (non-hydrogen) atoms. The Morgan fingerprint density at radius 1 is 1.25 bits per heavy atom. The SMILES string of the molecule is COc1ccc(Br)cc1C(=O)/C=C/c1ccccc1Cl. The van der Waals surface area contributed by atoms with Gasteiger partial charge in [0.1, 0.15) is 5.75 Å². The van der Waals surface area contributed by atoms with Crippen LogP contribution >= 0.6 is 27.5 Å². The predicted octanol–water partition coefficient (Wildman–Crippen LogP) is 5.01. The minimum atomic E-state index is -0.136. The highest BCUT2D eigenvalue weighted by atomic mass is 79.9. The molecule has 2 aromatic rings. The number of carbonyl (C=O) groups excluding carboxylic acids is 1. The van der Waals surface area contributed by atoms with Crippen molar-refractivity contribution in [3.8, 4) is 5.75 Å². The van der Waals surface area contributed by atoms with Crippen molar-refractivity contribution in [1.82, 2.24) is 0 Å². The topological polar surface area (TPSA) is 26.3 Å². The van der Waals surface area contributed by atoms with E-state index in [9.17, 15) is 4.79 Å². The van der Waals surface area contributed by atoms with E-state index in [0.29, 0.717) is 16.3 Å². The van der Waals surface area contributed by atoms with Crippen LogP contribution in [0.3, 0.4) is 0 Å². The lowest BCUT2D eigenvalue weighted by Crippen LogP contribution is -1.98. The number of rotatable bonds is 4. The number of halogens is 2. The van der Waals surface area contributed by atoms with E-state index in [1.165, 1.54) is 13.2 Å². The van der Waals surface area contributed by atoms with Crippen molar-refractivity contribution < 1.29 is 9.53 Å². The summed E-state index contributed by atoms with van der Waals surface area (Å²) in [6.45, 7) is 0. The van der Waals surface area contributed by atoms with E-state index in [2.05, 4.69) is 15.9 Å². The van der Waals surface area contributed by atoms with E-state index in [1.54, 1.807) is 24.3 Å². The summed E-state index contributed by atoms with van der Waals surface area (Å²) in [7, 11) is 1.54. The lowest BCUT2D eigenvalue weighted by Gasteiger charge is -2.06. The number of methoxy groups -OCH3 is 1. The fraction of sp³-hybridized carbons (Fsp3) is 0.0625. The molecule has 0 amide bonds. The number of hydrogen-bond donors (Lipinski definition) is 0. The molecule has 0 aliphatic carbocycles. The lowest BCUT2D eigenvalue weighted by molar-refractivity contribution is 0.104. The zero-order chi connectivity index (χ0) is 14.5. The molecule has 0 unspecified atom stereocenters. The Morgan fingerprint density at radius 3 is 2.70 bits per heavy atom. The molecule has 0 saturated heterocycles. The van der Waals surface area contributed by atoms with Crippen LogP contribution in [0.1, 0.15) is 15.9 Å². The number of ketones is 1. The van der Waals surface area contributed by atoms with Crippen molar-refractivity contribution in [3.63, 3.8) is 0 Å². The first-order valence-electron chi connectivity index (χ1n) is 5.92. The van der Waals surface area contributed by atoms with Crippen molar-refractivity contribution in [2.75, 3.05) is 7.11 Å². The quantitative estimate of drug-likeness (QED) is 0.572. The van der Waals surface area contributed by atoms with Gasteiger partial charge < -0.3 is 4.74 Å². The molecule has 0 fully saturated rings. The summed E-state index contributed by atoms with van der Waals surface area (Å²) in [5, 5.41) is 0.609. The van der Waals surface area contributed by atoms with E-state index >= 15 is 0 Å². The summed E-state index contributed by atoms with van der Waals surface area (Å²) in [6.07, 6.45) is 3.19. The van der Waals surface area contributed by atoms with Crippen LogP contribution in [-0.2, 0) is 0 Å². The molecule has 0 heterocycles. The third-order valence-corrected chi connectivity index (χ3v) is 3.58. The first-order chi connectivity index (χ1) is 9.61. The second kappa shape index (κ2) is 6.73. The Kier molecular flexibility index (Phi) is 4.99. The highest BCUT2D eigenvalue weighted by Crippen LogP contribution is 2.24. The van der Waals surface area contributed by atoms with Gasteiger partial charge in [-0.05, 0) is 42.0 Å². The van der Waals surface area contributed by atoms with Gasteiger partial charge in [-0.15, -0.1) is 0 Å². The van der Waals surface area contributed by atoms with Gasteiger partial charge in [0.05, 0.1) is 12.7 Å². The summed E-state index contributed by atoms with van der Waals surface area (Å²) < 4.78 is 6.02. The fourth-order valence-electron chi connectivity index (χ4n) is 1.74. The van der Waals surface area contributed by atoms with Gasteiger partial charge >= 0.3 is 0 Å². The van der Waals surface area contributed by atoms with E-state index in [4.69, 9.17) is 16.3 Å². The molecule has 0 aliphatic heterocycles. The highest BCUT2D eigenvalue weighted by Gasteiger charge is 2.10. The Balaban J connectivity index is 2.29. The second-order valence-corrected chi connectivity index (χ2v) is 5.39. The average Bonchev–Trinajstić information content (AvgIpc) is 2.46. The number of ether oxygens (including phenoxy) is 1. The standard InChI is InChI=1S/C16H12BrClO2/c1-20-16-9-7-12(17)10-13(16)15(19)8-6-11-4-2-3-5-14(11)18/h2-10H,1H3/b8-6+. The molecular weight excluding hydrogens is 340 g/mol. The fourth-order valence-corrected chi connectivity index (χ4v) is 2.30. The van der Waals surface area contributed by atoms with Crippen LogP contribution in [0.15, 0.2) is 53.0 Å². The third kappa shape index (κ3) is 3.50. The van der Waals surface area contributed by atoms with Gasteiger partial charge in [-0.1, -0.05) is 45.7 Å². The van der Waals surface area contributed by atoms with Gasteiger partial charge in [0.15, 0.2) is 5.78 Å². The van der Waals surface area contributed by atoms with E-state index in [1.807, 2.05) is 24.3 Å². The first kappa shape index (κ1) is 14.8. The Hall–Kier alpha value is -1.58. The first-order valence-corrected chi connectivity index (χ1v) is 7.09. The normalized spacial score (nSPS) is 10.8. The Labute approximate surface area is 131 Å². The minimum Gasteiger partial charge on any atom is -0.496 e. The van der Waals surface area contributed by atoms with E-state index in [0.717, 1.165) is 10.0 Å². The minimum absolute atomic E-state index is 0.136. The molecule has 2 nitrogen and oxygen atoms in total. The summed E-state index contributed by atoms with van der Waals surface area (Å²) in [5.41, 5.74) is 1.31. The molecule has 0 aromatic heterocycles. The summed E-state index contributed by atoms with van der Waals surface area (Å²) in [6, 6.07) is 12.7. The van der Waals surface area contributed by atoms with Crippen molar-refractivity contribution >= 4 is 39.4 Å². The molecule has 0 radical (unpaired) electrons. The van der Waals surface area contributed by atoms with Crippen LogP contribution in [0.4, 0.5) is 0 Å². The zero-order valence-electron chi connectivity index (χ0n) is 10.8. The van der Waals surface area contributed by atoms with Crippen LogP contribution in [0.25, 0.3) is 6.08 Å². The number of carbonyl (C=O) groups is 1. The van der Waals surface area contributed by atoms with Gasteiger partial charge in [-0.3, -0.25) is 4.79 Å². The van der Waals surface area contributed by atoms with E-state index < -0.39 is 0 Å². The van der Waals surface area contributed by atoms with Gasteiger partial charge in [-0.25, -0.2) is 0 Å². The Morgan fingerprint density at radius 2 is 2.00 bits per heavy atom. The summed E-state index contributed by atoms with van der Waals surface area (Å²) in [4.78, 5) is 12.2. The molecule has 2 rings (SSSR count). The maximum atomic E-state index is 12.2. The highest BCUT2D eigenvalue weighted by molar-refractivity contribution is 9.10. The maximum absolute atomic E-state index is 12.2. The Bertz CT molecular complexity index is 665. The molecular formula is C16H12BrClO2. The monoisotopic (exact) mass is 350 g/mol. The van der Waals surface area contributed by atoms with Crippen molar-refractivity contribution in [2.45, 2.75) is 0 Å². The zero-order valence-corrected chi connectivity index (χ0v) is 13.1. The molecule has 2 aromatic carbocycles. The van der Waals surface area contributed by atoms with Crippen molar-refractivity contribution in [3.05, 3.63) is 69.2 Å². The van der Waals surface area contributed by atoms with Crippen molar-refractivity contribution in [2.24, 2.45) is 0 Å². The number of benzene rings is 2. The van der Waals surface area contributed by atoms with Crippen LogP contribution in [0.5, 0.6) is 5.75 Å².